The van der Waals surface area contributed by atoms with Gasteiger partial charge in [-0.05, 0) is 74.1 Å². The summed E-state index contributed by atoms with van der Waals surface area (Å²) in [6.07, 6.45) is 5.23. The number of fused-ring (bicyclic) bond motifs is 1. The minimum atomic E-state index is -0.196. The molecule has 7 nitrogen and oxygen atoms in total. The number of piperidine rings is 1. The minimum Gasteiger partial charge on any atom is -0.356 e. The van der Waals surface area contributed by atoms with Crippen LogP contribution >= 0.6 is 11.6 Å². The topological polar surface area (TPSA) is 78.4 Å². The maximum atomic E-state index is 13.4. The lowest BCUT2D eigenvalue weighted by molar-refractivity contribution is 0.0709. The van der Waals surface area contributed by atoms with Crippen LogP contribution in [-0.2, 0) is 6.42 Å². The number of hydrogen-bond acceptors (Lipinski definition) is 5. The summed E-state index contributed by atoms with van der Waals surface area (Å²) >= 11 is 6.21. The van der Waals surface area contributed by atoms with Crippen LogP contribution in [0.4, 0.5) is 5.82 Å². The molecule has 1 fully saturated rings. The first-order chi connectivity index (χ1) is 17.4. The molecule has 1 aromatic heterocycles. The molecule has 36 heavy (non-hydrogen) atoms. The summed E-state index contributed by atoms with van der Waals surface area (Å²) in [6.45, 7) is 3.59. The lowest BCUT2D eigenvalue weighted by Crippen LogP contribution is -2.46. The number of hydrogen-bond donors (Lipinski definition) is 1. The molecule has 1 N–H and O–H groups in total. The van der Waals surface area contributed by atoms with Crippen LogP contribution in [-0.4, -0.2) is 52.9 Å². The number of rotatable bonds is 5. The van der Waals surface area contributed by atoms with Crippen molar-refractivity contribution in [3.63, 3.8) is 0 Å². The summed E-state index contributed by atoms with van der Waals surface area (Å²) in [5.41, 5.74) is 3.31. The molecule has 2 amide bonds. The first-order valence-electron chi connectivity index (χ1n) is 12.4. The van der Waals surface area contributed by atoms with Gasteiger partial charge in [-0.1, -0.05) is 29.8 Å². The predicted molar refractivity (Wildman–Crippen MR) is 141 cm³/mol. The van der Waals surface area contributed by atoms with E-state index in [1.807, 2.05) is 43.1 Å². The van der Waals surface area contributed by atoms with E-state index in [0.29, 0.717) is 16.1 Å². The number of aromatic nitrogens is 2. The molecule has 0 saturated carbocycles. The molecular formula is C28H30ClN5O2. The maximum absolute atomic E-state index is 13.4. The van der Waals surface area contributed by atoms with Crippen LogP contribution in [0.3, 0.4) is 0 Å². The maximum Gasteiger partial charge on any atom is 0.253 e. The molecule has 0 bridgehead atoms. The van der Waals surface area contributed by atoms with E-state index in [2.05, 4.69) is 20.2 Å². The van der Waals surface area contributed by atoms with Crippen LogP contribution in [0.25, 0.3) is 0 Å². The molecule has 0 radical (unpaired) electrons. The van der Waals surface area contributed by atoms with Crippen molar-refractivity contribution < 1.29 is 9.59 Å². The molecule has 2 aliphatic rings. The van der Waals surface area contributed by atoms with Crippen LogP contribution in [0, 0.1) is 6.92 Å². The highest BCUT2D eigenvalue weighted by molar-refractivity contribution is 6.33. The van der Waals surface area contributed by atoms with E-state index in [-0.39, 0.29) is 23.9 Å². The Labute approximate surface area is 216 Å². The number of benzene rings is 2. The van der Waals surface area contributed by atoms with Crippen molar-refractivity contribution >= 4 is 29.2 Å². The van der Waals surface area contributed by atoms with Gasteiger partial charge < -0.3 is 15.1 Å². The Morgan fingerprint density at radius 3 is 2.61 bits per heavy atom. The van der Waals surface area contributed by atoms with Crippen molar-refractivity contribution in [2.24, 2.45) is 0 Å². The smallest absolute Gasteiger partial charge is 0.253 e. The van der Waals surface area contributed by atoms with Gasteiger partial charge in [0, 0.05) is 37.9 Å². The number of nitrogens with zero attached hydrogens (tertiary/aromatic N) is 4. The molecule has 2 heterocycles. The van der Waals surface area contributed by atoms with Crippen molar-refractivity contribution in [3.05, 3.63) is 87.8 Å². The molecule has 2 aromatic carbocycles. The van der Waals surface area contributed by atoms with Gasteiger partial charge in [0.1, 0.15) is 11.6 Å². The second-order valence-corrected chi connectivity index (χ2v) is 9.96. The zero-order valence-electron chi connectivity index (χ0n) is 20.6. The van der Waals surface area contributed by atoms with E-state index in [0.717, 1.165) is 56.0 Å². The summed E-state index contributed by atoms with van der Waals surface area (Å²) in [5, 5.41) is 3.54. The van der Waals surface area contributed by atoms with E-state index in [4.69, 9.17) is 11.6 Å². The molecule has 0 spiro atoms. The SMILES string of the molecule is Cc1nccc(N2CCC(N(C)C(=O)c3ccc4c(c3)C(NC(=O)c3ccccc3Cl)CC4)CC2)n1. The highest BCUT2D eigenvalue weighted by Gasteiger charge is 2.29. The van der Waals surface area contributed by atoms with Gasteiger partial charge >= 0.3 is 0 Å². The van der Waals surface area contributed by atoms with Crippen molar-refractivity contribution in [1.29, 1.82) is 0 Å². The van der Waals surface area contributed by atoms with E-state index in [1.54, 1.807) is 30.5 Å². The quantitative estimate of drug-likeness (QED) is 0.550. The molecule has 1 saturated heterocycles. The van der Waals surface area contributed by atoms with Gasteiger partial charge in [0.15, 0.2) is 0 Å². The van der Waals surface area contributed by atoms with Crippen molar-refractivity contribution in [2.75, 3.05) is 25.0 Å². The van der Waals surface area contributed by atoms with Crippen LogP contribution < -0.4 is 10.2 Å². The van der Waals surface area contributed by atoms with Crippen molar-refractivity contribution in [1.82, 2.24) is 20.2 Å². The Hall–Kier alpha value is -3.45. The van der Waals surface area contributed by atoms with E-state index in [9.17, 15) is 9.59 Å². The van der Waals surface area contributed by atoms with Gasteiger partial charge in [0.05, 0.1) is 16.6 Å². The molecule has 1 aliphatic heterocycles. The first-order valence-corrected chi connectivity index (χ1v) is 12.8. The molecule has 5 rings (SSSR count). The number of anilines is 1. The standard InChI is InChI=1S/C28H30ClN5O2/c1-18-30-14-11-26(31-18)34-15-12-21(13-16-34)33(2)28(36)20-8-7-19-9-10-25(23(19)17-20)32-27(35)22-5-3-4-6-24(22)29/h3-8,11,14,17,21,25H,9-10,12-13,15-16H2,1-2H3,(H,32,35). The summed E-state index contributed by atoms with van der Waals surface area (Å²) < 4.78 is 0. The Balaban J connectivity index is 1.25. The third-order valence-electron chi connectivity index (χ3n) is 7.31. The first kappa shape index (κ1) is 24.3. The number of nitrogens with one attached hydrogen (secondary N) is 1. The van der Waals surface area contributed by atoms with Crippen molar-refractivity contribution in [3.8, 4) is 0 Å². The normalized spacial score (nSPS) is 17.5. The van der Waals surface area contributed by atoms with Gasteiger partial charge in [-0.25, -0.2) is 9.97 Å². The number of amides is 2. The molecule has 3 aromatic rings. The van der Waals surface area contributed by atoms with Gasteiger partial charge in [0.2, 0.25) is 0 Å². The van der Waals surface area contributed by atoms with Gasteiger partial charge in [-0.2, -0.15) is 0 Å². The van der Waals surface area contributed by atoms with Gasteiger partial charge in [-0.3, -0.25) is 9.59 Å². The van der Waals surface area contributed by atoms with Gasteiger partial charge in [0.25, 0.3) is 11.8 Å². The van der Waals surface area contributed by atoms with Crippen LogP contribution in [0.15, 0.2) is 54.7 Å². The average molecular weight is 504 g/mol. The van der Waals surface area contributed by atoms with Crippen LogP contribution in [0.1, 0.15) is 63.0 Å². The summed E-state index contributed by atoms with van der Waals surface area (Å²) in [5.74, 6) is 1.52. The number of carbonyl (C=O) groups is 2. The summed E-state index contributed by atoms with van der Waals surface area (Å²) in [4.78, 5) is 39.1. The Morgan fingerprint density at radius 2 is 1.86 bits per heavy atom. The second-order valence-electron chi connectivity index (χ2n) is 9.55. The monoisotopic (exact) mass is 503 g/mol. The number of aryl methyl sites for hydroxylation is 2. The van der Waals surface area contributed by atoms with E-state index in [1.165, 1.54) is 5.56 Å². The Morgan fingerprint density at radius 1 is 1.08 bits per heavy atom. The number of halogens is 1. The highest BCUT2D eigenvalue weighted by atomic mass is 35.5. The molecule has 1 aliphatic carbocycles. The highest BCUT2D eigenvalue weighted by Crippen LogP contribution is 2.33. The summed E-state index contributed by atoms with van der Waals surface area (Å²) in [6, 6.07) is 14.9. The fourth-order valence-corrected chi connectivity index (χ4v) is 5.46. The van der Waals surface area contributed by atoms with E-state index >= 15 is 0 Å². The predicted octanol–water partition coefficient (Wildman–Crippen LogP) is 4.60. The molecule has 8 heteroatoms. The average Bonchev–Trinajstić information content (AvgIpc) is 3.30. The fourth-order valence-electron chi connectivity index (χ4n) is 5.24. The zero-order chi connectivity index (χ0) is 25.2. The fraction of sp³-hybridized carbons (Fsp3) is 0.357. The van der Waals surface area contributed by atoms with E-state index < -0.39 is 0 Å². The zero-order valence-corrected chi connectivity index (χ0v) is 21.3. The lowest BCUT2D eigenvalue weighted by Gasteiger charge is -2.37. The number of carbonyl (C=O) groups excluding carboxylic acids is 2. The third-order valence-corrected chi connectivity index (χ3v) is 7.64. The van der Waals surface area contributed by atoms with Crippen LogP contribution in [0.5, 0.6) is 0 Å². The second kappa shape index (κ2) is 10.3. The largest absolute Gasteiger partial charge is 0.356 e. The Bertz CT molecular complexity index is 1290. The lowest BCUT2D eigenvalue weighted by atomic mass is 10.00. The third kappa shape index (κ3) is 4.93. The molecule has 186 valence electrons. The molecule has 1 unspecified atom stereocenters. The Kier molecular flexibility index (Phi) is 6.92. The summed E-state index contributed by atoms with van der Waals surface area (Å²) in [7, 11) is 1.89. The molecular weight excluding hydrogens is 474 g/mol. The molecule has 1 atom stereocenters. The van der Waals surface area contributed by atoms with Crippen molar-refractivity contribution in [2.45, 2.75) is 44.7 Å². The minimum absolute atomic E-state index is 0.0113. The van der Waals surface area contributed by atoms with Crippen LogP contribution in [0.2, 0.25) is 5.02 Å². The van der Waals surface area contributed by atoms with Gasteiger partial charge in [-0.15, -0.1) is 0 Å².